The van der Waals surface area contributed by atoms with E-state index < -0.39 is 0 Å². The minimum atomic E-state index is -0.307. The number of pyridine rings is 1. The zero-order chi connectivity index (χ0) is 17.8. The lowest BCUT2D eigenvalue weighted by molar-refractivity contribution is -0.151. The summed E-state index contributed by atoms with van der Waals surface area (Å²) < 4.78 is 10.4. The SMILES string of the molecule is CCOC(=O)C1CCCN(C(=O)CN2C(=O)COc3cccnc32)C1. The Morgan fingerprint density at radius 3 is 3.08 bits per heavy atom. The first-order valence-corrected chi connectivity index (χ1v) is 8.42. The Hall–Kier alpha value is -2.64. The van der Waals surface area contributed by atoms with Gasteiger partial charge in [0.25, 0.3) is 5.91 Å². The second kappa shape index (κ2) is 7.50. The number of amides is 2. The van der Waals surface area contributed by atoms with Crippen molar-refractivity contribution in [2.24, 2.45) is 5.92 Å². The number of likely N-dealkylation sites (tertiary alicyclic amines) is 1. The van der Waals surface area contributed by atoms with Gasteiger partial charge in [-0.3, -0.25) is 19.3 Å². The van der Waals surface area contributed by atoms with E-state index in [9.17, 15) is 14.4 Å². The third-order valence-electron chi connectivity index (χ3n) is 4.35. The number of carbonyl (C=O) groups excluding carboxylic acids is 3. The van der Waals surface area contributed by atoms with Crippen molar-refractivity contribution in [1.82, 2.24) is 9.88 Å². The molecule has 0 aliphatic carbocycles. The summed E-state index contributed by atoms with van der Waals surface area (Å²) in [4.78, 5) is 43.8. The van der Waals surface area contributed by atoms with Crippen LogP contribution in [0.2, 0.25) is 0 Å². The minimum absolute atomic E-state index is 0.109. The standard InChI is InChI=1S/C17H21N3O5/c1-2-24-17(23)12-5-4-8-19(9-12)14(21)10-20-15(22)11-25-13-6-3-7-18-16(13)20/h3,6-7,12H,2,4-5,8-11H2,1H3. The van der Waals surface area contributed by atoms with Crippen LogP contribution in [0, 0.1) is 5.92 Å². The number of ether oxygens (including phenoxy) is 2. The number of hydrogen-bond donors (Lipinski definition) is 0. The number of piperidine rings is 1. The van der Waals surface area contributed by atoms with Gasteiger partial charge < -0.3 is 14.4 Å². The third kappa shape index (κ3) is 3.72. The van der Waals surface area contributed by atoms with Gasteiger partial charge in [-0.1, -0.05) is 0 Å². The van der Waals surface area contributed by atoms with Gasteiger partial charge in [0.2, 0.25) is 5.91 Å². The lowest BCUT2D eigenvalue weighted by atomic mass is 9.98. The van der Waals surface area contributed by atoms with Crippen LogP contribution in [-0.4, -0.2) is 60.5 Å². The number of anilines is 1. The fourth-order valence-corrected chi connectivity index (χ4v) is 3.09. The van der Waals surface area contributed by atoms with E-state index in [1.807, 2.05) is 0 Å². The molecular weight excluding hydrogens is 326 g/mol. The van der Waals surface area contributed by atoms with Gasteiger partial charge in [-0.15, -0.1) is 0 Å². The van der Waals surface area contributed by atoms with Crippen LogP contribution >= 0.6 is 0 Å². The molecule has 0 bridgehead atoms. The number of hydrogen-bond acceptors (Lipinski definition) is 6. The summed E-state index contributed by atoms with van der Waals surface area (Å²) in [5, 5.41) is 0. The largest absolute Gasteiger partial charge is 0.480 e. The van der Waals surface area contributed by atoms with E-state index >= 15 is 0 Å². The van der Waals surface area contributed by atoms with Crippen molar-refractivity contribution >= 4 is 23.6 Å². The van der Waals surface area contributed by atoms with E-state index in [0.717, 1.165) is 6.42 Å². The van der Waals surface area contributed by atoms with E-state index in [1.54, 1.807) is 30.2 Å². The molecule has 1 aromatic heterocycles. The van der Waals surface area contributed by atoms with Gasteiger partial charge in [-0.25, -0.2) is 4.98 Å². The molecule has 1 unspecified atom stereocenters. The van der Waals surface area contributed by atoms with Gasteiger partial charge in [-0.2, -0.15) is 0 Å². The van der Waals surface area contributed by atoms with E-state index in [0.29, 0.717) is 37.7 Å². The van der Waals surface area contributed by atoms with E-state index in [4.69, 9.17) is 9.47 Å². The zero-order valence-electron chi connectivity index (χ0n) is 14.1. The second-order valence-electron chi connectivity index (χ2n) is 6.02. The van der Waals surface area contributed by atoms with Crippen molar-refractivity contribution in [3.05, 3.63) is 18.3 Å². The number of rotatable bonds is 4. The predicted molar refractivity (Wildman–Crippen MR) is 88.0 cm³/mol. The maximum Gasteiger partial charge on any atom is 0.310 e. The Kier molecular flexibility index (Phi) is 5.16. The molecule has 1 saturated heterocycles. The van der Waals surface area contributed by atoms with Crippen LogP contribution in [0.4, 0.5) is 5.82 Å². The smallest absolute Gasteiger partial charge is 0.310 e. The Morgan fingerprint density at radius 2 is 2.28 bits per heavy atom. The summed E-state index contributed by atoms with van der Waals surface area (Å²) in [5.41, 5.74) is 0. The Bertz CT molecular complexity index is 678. The van der Waals surface area contributed by atoms with Crippen molar-refractivity contribution in [3.63, 3.8) is 0 Å². The second-order valence-corrected chi connectivity index (χ2v) is 6.02. The highest BCUT2D eigenvalue weighted by molar-refractivity contribution is 6.01. The lowest BCUT2D eigenvalue weighted by Gasteiger charge is -2.34. The van der Waals surface area contributed by atoms with Crippen molar-refractivity contribution in [1.29, 1.82) is 0 Å². The normalized spacial score (nSPS) is 19.9. The summed E-state index contributed by atoms with van der Waals surface area (Å²) in [7, 11) is 0. The van der Waals surface area contributed by atoms with Crippen LogP contribution in [0.5, 0.6) is 5.75 Å². The quantitative estimate of drug-likeness (QED) is 0.742. The van der Waals surface area contributed by atoms with E-state index in [-0.39, 0.29) is 36.9 Å². The van der Waals surface area contributed by atoms with Crippen molar-refractivity contribution in [2.45, 2.75) is 19.8 Å². The molecule has 0 aromatic carbocycles. The van der Waals surface area contributed by atoms with E-state index in [2.05, 4.69) is 4.98 Å². The molecule has 0 spiro atoms. The molecule has 0 radical (unpaired) electrons. The van der Waals surface area contributed by atoms with Crippen molar-refractivity contribution in [2.75, 3.05) is 37.7 Å². The summed E-state index contributed by atoms with van der Waals surface area (Å²) in [5.74, 6) is -0.249. The molecule has 3 rings (SSSR count). The van der Waals surface area contributed by atoms with Gasteiger partial charge in [0, 0.05) is 19.3 Å². The molecule has 1 atom stereocenters. The zero-order valence-corrected chi connectivity index (χ0v) is 14.1. The molecule has 3 heterocycles. The van der Waals surface area contributed by atoms with Crippen LogP contribution in [-0.2, 0) is 19.1 Å². The fourth-order valence-electron chi connectivity index (χ4n) is 3.09. The number of carbonyl (C=O) groups is 3. The molecular formula is C17H21N3O5. The highest BCUT2D eigenvalue weighted by atomic mass is 16.5. The molecule has 1 fully saturated rings. The molecule has 2 aliphatic rings. The Balaban J connectivity index is 1.68. The molecule has 134 valence electrons. The predicted octanol–water partition coefficient (Wildman–Crippen LogP) is 0.609. The molecule has 0 N–H and O–H groups in total. The van der Waals surface area contributed by atoms with Crippen LogP contribution in [0.25, 0.3) is 0 Å². The van der Waals surface area contributed by atoms with Gasteiger partial charge in [0.05, 0.1) is 12.5 Å². The lowest BCUT2D eigenvalue weighted by Crippen LogP contribution is -2.50. The molecule has 0 saturated carbocycles. The van der Waals surface area contributed by atoms with Crippen LogP contribution in [0.15, 0.2) is 18.3 Å². The van der Waals surface area contributed by atoms with Gasteiger partial charge in [-0.05, 0) is 31.9 Å². The fraction of sp³-hybridized carbons (Fsp3) is 0.529. The number of nitrogens with zero attached hydrogens (tertiary/aromatic N) is 3. The first kappa shape index (κ1) is 17.2. The molecule has 8 nitrogen and oxygen atoms in total. The van der Waals surface area contributed by atoms with Crippen molar-refractivity contribution < 1.29 is 23.9 Å². The minimum Gasteiger partial charge on any atom is -0.480 e. The Labute approximate surface area is 145 Å². The molecule has 2 amide bonds. The number of aromatic nitrogens is 1. The maximum absolute atomic E-state index is 12.7. The summed E-state index contributed by atoms with van der Waals surface area (Å²) >= 11 is 0. The average molecular weight is 347 g/mol. The highest BCUT2D eigenvalue weighted by Crippen LogP contribution is 2.29. The summed E-state index contributed by atoms with van der Waals surface area (Å²) in [6, 6.07) is 3.42. The molecule has 8 heteroatoms. The first-order valence-electron chi connectivity index (χ1n) is 8.42. The summed E-state index contributed by atoms with van der Waals surface area (Å²) in [6.45, 7) is 2.76. The van der Waals surface area contributed by atoms with Crippen LogP contribution in [0.1, 0.15) is 19.8 Å². The number of esters is 1. The molecule has 25 heavy (non-hydrogen) atoms. The molecule has 2 aliphatic heterocycles. The van der Waals surface area contributed by atoms with Gasteiger partial charge in [0.15, 0.2) is 18.2 Å². The maximum atomic E-state index is 12.7. The van der Waals surface area contributed by atoms with Crippen LogP contribution < -0.4 is 9.64 Å². The number of fused-ring (bicyclic) bond motifs is 1. The topological polar surface area (TPSA) is 89.0 Å². The van der Waals surface area contributed by atoms with Gasteiger partial charge >= 0.3 is 5.97 Å². The molecule has 1 aromatic rings. The highest BCUT2D eigenvalue weighted by Gasteiger charge is 2.33. The average Bonchev–Trinajstić information content (AvgIpc) is 2.64. The van der Waals surface area contributed by atoms with Crippen LogP contribution in [0.3, 0.4) is 0 Å². The van der Waals surface area contributed by atoms with Gasteiger partial charge in [0.1, 0.15) is 6.54 Å². The third-order valence-corrected chi connectivity index (χ3v) is 4.35. The van der Waals surface area contributed by atoms with Crippen molar-refractivity contribution in [3.8, 4) is 5.75 Å². The summed E-state index contributed by atoms with van der Waals surface area (Å²) in [6.07, 6.45) is 3.00. The van der Waals surface area contributed by atoms with E-state index in [1.165, 1.54) is 4.90 Å². The first-order chi connectivity index (χ1) is 12.1. The monoisotopic (exact) mass is 347 g/mol. The Morgan fingerprint density at radius 1 is 1.44 bits per heavy atom.